The summed E-state index contributed by atoms with van der Waals surface area (Å²) in [6, 6.07) is 11.1. The molecule has 0 aliphatic rings. The lowest BCUT2D eigenvalue weighted by Gasteiger charge is -2.15. The Bertz CT molecular complexity index is 712. The van der Waals surface area contributed by atoms with Crippen molar-refractivity contribution in [3.05, 3.63) is 52.6 Å². The van der Waals surface area contributed by atoms with E-state index in [-0.39, 0.29) is 9.52 Å². The lowest BCUT2D eigenvalue weighted by Crippen LogP contribution is -2.23. The summed E-state index contributed by atoms with van der Waals surface area (Å²) < 4.78 is 0. The summed E-state index contributed by atoms with van der Waals surface area (Å²) in [7, 11) is -0.294. The zero-order valence-corrected chi connectivity index (χ0v) is 19.1. The maximum Gasteiger partial charge on any atom is 0.118 e. The van der Waals surface area contributed by atoms with Gasteiger partial charge in [-0.05, 0) is 79.3 Å². The van der Waals surface area contributed by atoms with Gasteiger partial charge in [0.2, 0.25) is 0 Å². The molecule has 0 heterocycles. The van der Waals surface area contributed by atoms with Gasteiger partial charge in [-0.15, -0.1) is 11.8 Å². The molecule has 0 radical (unpaired) electrons. The fourth-order valence-electron chi connectivity index (χ4n) is 3.40. The Morgan fingerprint density at radius 1 is 0.962 bits per heavy atom. The first-order valence-corrected chi connectivity index (χ1v) is 12.8. The van der Waals surface area contributed by atoms with E-state index in [1.54, 1.807) is 16.3 Å². The molecule has 0 bridgehead atoms. The van der Waals surface area contributed by atoms with Gasteiger partial charge in [-0.2, -0.15) is 0 Å². The van der Waals surface area contributed by atoms with E-state index in [1.807, 2.05) is 24.8 Å². The molecule has 2 aromatic rings. The van der Waals surface area contributed by atoms with Gasteiger partial charge >= 0.3 is 0 Å². The number of unbranched alkanes of at least 4 members (excludes halogenated alkanes) is 2. The van der Waals surface area contributed by atoms with E-state index >= 15 is 0 Å². The van der Waals surface area contributed by atoms with E-state index in [0.717, 1.165) is 5.56 Å². The van der Waals surface area contributed by atoms with E-state index in [9.17, 15) is 5.11 Å². The average molecular weight is 387 g/mol. The summed E-state index contributed by atoms with van der Waals surface area (Å²) in [5, 5.41) is 12.7. The molecule has 1 nitrogen and oxygen atoms in total. The van der Waals surface area contributed by atoms with Crippen LogP contribution in [0.15, 0.2) is 35.2 Å². The van der Waals surface area contributed by atoms with Crippen LogP contribution in [0.5, 0.6) is 5.75 Å². The number of aromatic hydroxyl groups is 1. The highest BCUT2D eigenvalue weighted by Gasteiger charge is 2.10. The number of thioether (sulfide) groups is 1. The molecular weight excluding hydrogens is 352 g/mol. The first-order chi connectivity index (χ1) is 12.6. The maximum atomic E-state index is 9.85. The van der Waals surface area contributed by atoms with Gasteiger partial charge in [-0.25, -0.2) is 0 Å². The average Bonchev–Trinajstić information content (AvgIpc) is 2.63. The zero-order chi connectivity index (χ0) is 18.9. The molecule has 2 rings (SSSR count). The molecule has 26 heavy (non-hydrogen) atoms. The van der Waals surface area contributed by atoms with Crippen molar-refractivity contribution >= 4 is 26.5 Å². The van der Waals surface area contributed by atoms with Gasteiger partial charge in [0, 0.05) is 4.90 Å². The number of benzene rings is 2. The van der Waals surface area contributed by atoms with Gasteiger partial charge in [-0.1, -0.05) is 50.1 Å². The fourth-order valence-corrected chi connectivity index (χ4v) is 7.12. The number of aryl methyl sites for hydroxylation is 3. The van der Waals surface area contributed by atoms with Crippen molar-refractivity contribution in [3.8, 4) is 5.75 Å². The maximum absolute atomic E-state index is 9.85. The van der Waals surface area contributed by atoms with Crippen molar-refractivity contribution in [1.82, 2.24) is 0 Å². The van der Waals surface area contributed by atoms with Crippen LogP contribution in [0.4, 0.5) is 0 Å². The molecule has 3 heteroatoms. The number of phenolic OH excluding ortho intramolecular Hbond substituents is 1. The topological polar surface area (TPSA) is 20.2 Å². The lowest BCUT2D eigenvalue weighted by atomic mass is 9.98. The van der Waals surface area contributed by atoms with Crippen LogP contribution in [0.1, 0.15) is 61.8 Å². The van der Waals surface area contributed by atoms with Gasteiger partial charge in [0.25, 0.3) is 0 Å². The molecule has 0 unspecified atom stereocenters. The highest BCUT2D eigenvalue weighted by molar-refractivity contribution is 8.00. The summed E-state index contributed by atoms with van der Waals surface area (Å²) in [4.78, 5) is 1.32. The van der Waals surface area contributed by atoms with Gasteiger partial charge in [0.05, 0.1) is 9.52 Å². The predicted molar refractivity (Wildman–Crippen MR) is 120 cm³/mol. The third-order valence-corrected chi connectivity index (χ3v) is 8.66. The minimum atomic E-state index is -0.294. The summed E-state index contributed by atoms with van der Waals surface area (Å²) in [5.74, 6) is 0.412. The van der Waals surface area contributed by atoms with Crippen LogP contribution < -0.4 is 5.19 Å². The van der Waals surface area contributed by atoms with Crippen LogP contribution in [0, 0.1) is 13.8 Å². The van der Waals surface area contributed by atoms with Gasteiger partial charge in [-0.3, -0.25) is 0 Å². The fraction of sp³-hybridized carbons (Fsp3) is 0.478. The van der Waals surface area contributed by atoms with Crippen LogP contribution in [-0.2, 0) is 12.8 Å². The highest BCUT2D eigenvalue weighted by atomic mass is 32.2. The third-order valence-electron chi connectivity index (χ3n) is 5.07. The standard InChI is InChI=1S/C23H34OSSi/c1-5-7-10-19-11-9-13-23(20(19)12-8-6-2)26-16-25-22-15-17(3)21(24)14-18(22)4/h9,11,13-15,24H,5-8,10,12,16,26H2,1-4H3. The molecule has 0 aliphatic heterocycles. The molecule has 0 amide bonds. The minimum Gasteiger partial charge on any atom is -0.508 e. The second kappa shape index (κ2) is 10.8. The first kappa shape index (κ1) is 21.1. The summed E-state index contributed by atoms with van der Waals surface area (Å²) in [5.41, 5.74) is 5.45. The zero-order valence-electron chi connectivity index (χ0n) is 16.9. The van der Waals surface area contributed by atoms with E-state index < -0.39 is 0 Å². The Hall–Kier alpha value is -1.19. The van der Waals surface area contributed by atoms with Crippen LogP contribution in [0.2, 0.25) is 0 Å². The van der Waals surface area contributed by atoms with Crippen molar-refractivity contribution in [2.24, 2.45) is 0 Å². The van der Waals surface area contributed by atoms with Gasteiger partial charge < -0.3 is 5.11 Å². The van der Waals surface area contributed by atoms with Gasteiger partial charge in [0.1, 0.15) is 5.75 Å². The molecule has 2 aromatic carbocycles. The van der Waals surface area contributed by atoms with Crippen LogP contribution >= 0.6 is 11.8 Å². The lowest BCUT2D eigenvalue weighted by molar-refractivity contribution is 0.470. The molecule has 1 N–H and O–H groups in total. The number of hydrogen-bond acceptors (Lipinski definition) is 2. The van der Waals surface area contributed by atoms with Crippen LogP contribution in [-0.4, -0.2) is 20.0 Å². The molecular formula is C23H34OSSi. The Labute approximate surface area is 166 Å². The summed E-state index contributed by atoms with van der Waals surface area (Å²) in [6.45, 7) is 8.65. The molecule has 0 saturated carbocycles. The Kier molecular flexibility index (Phi) is 8.80. The van der Waals surface area contributed by atoms with Crippen molar-refractivity contribution in [2.75, 3.05) is 5.38 Å². The van der Waals surface area contributed by atoms with E-state index in [1.165, 1.54) is 54.4 Å². The second-order valence-electron chi connectivity index (χ2n) is 7.26. The first-order valence-electron chi connectivity index (χ1n) is 10.1. The molecule has 0 spiro atoms. The molecule has 0 saturated heterocycles. The Balaban J connectivity index is 2.09. The van der Waals surface area contributed by atoms with Crippen LogP contribution in [0.3, 0.4) is 0 Å². The molecule has 0 aromatic heterocycles. The molecule has 0 aliphatic carbocycles. The molecule has 0 fully saturated rings. The molecule has 0 atom stereocenters. The van der Waals surface area contributed by atoms with Crippen LogP contribution in [0.25, 0.3) is 0 Å². The smallest absolute Gasteiger partial charge is 0.118 e. The van der Waals surface area contributed by atoms with Crippen molar-refractivity contribution in [1.29, 1.82) is 0 Å². The number of rotatable bonds is 10. The van der Waals surface area contributed by atoms with Gasteiger partial charge in [0.15, 0.2) is 0 Å². The number of phenols is 1. The van der Waals surface area contributed by atoms with Crippen molar-refractivity contribution in [3.63, 3.8) is 0 Å². The normalized spacial score (nSPS) is 11.5. The van der Waals surface area contributed by atoms with Crippen molar-refractivity contribution < 1.29 is 5.11 Å². The second-order valence-corrected chi connectivity index (χ2v) is 10.9. The monoisotopic (exact) mass is 386 g/mol. The van der Waals surface area contributed by atoms with E-state index in [2.05, 4.69) is 45.0 Å². The predicted octanol–water partition coefficient (Wildman–Crippen LogP) is 5.24. The quantitative estimate of drug-likeness (QED) is 0.445. The largest absolute Gasteiger partial charge is 0.508 e. The van der Waals surface area contributed by atoms with Crippen molar-refractivity contribution in [2.45, 2.75) is 71.1 Å². The summed E-state index contributed by atoms with van der Waals surface area (Å²) >= 11 is 1.97. The Morgan fingerprint density at radius 2 is 1.69 bits per heavy atom. The third kappa shape index (κ3) is 5.92. The minimum absolute atomic E-state index is 0.294. The highest BCUT2D eigenvalue weighted by Crippen LogP contribution is 2.28. The molecule has 142 valence electrons. The Morgan fingerprint density at radius 3 is 2.42 bits per heavy atom. The summed E-state index contributed by atoms with van der Waals surface area (Å²) in [6.07, 6.45) is 7.62. The van der Waals surface area contributed by atoms with E-state index in [0.29, 0.717) is 5.75 Å². The van der Waals surface area contributed by atoms with E-state index in [4.69, 9.17) is 0 Å². The number of hydrogen-bond donors (Lipinski definition) is 1. The SMILES string of the molecule is CCCCc1cccc([SiH2]CSc2cc(C)c(O)cc2C)c1CCCC.